The molecule has 10 nitrogen and oxygen atoms in total. The number of hydrogen-bond donors (Lipinski definition) is 3. The van der Waals surface area contributed by atoms with Crippen molar-refractivity contribution in [1.82, 2.24) is 4.57 Å². The Bertz CT molecular complexity index is 1350. The number of aliphatic hydroxyl groups excluding tert-OH is 3. The molecule has 3 aliphatic heterocycles. The lowest BCUT2D eigenvalue weighted by atomic mass is 9.83. The highest BCUT2D eigenvalue weighted by Crippen LogP contribution is 2.38. The van der Waals surface area contributed by atoms with Gasteiger partial charge in [-0.2, -0.15) is 0 Å². The minimum Gasteiger partial charge on any atom is -0.392 e. The van der Waals surface area contributed by atoms with Crippen molar-refractivity contribution in [2.45, 2.75) is 82.0 Å². The highest BCUT2D eigenvalue weighted by Gasteiger charge is 2.50. The summed E-state index contributed by atoms with van der Waals surface area (Å²) in [7, 11) is 0. The number of hydrogen-bond acceptors (Lipinski definition) is 9. The lowest BCUT2D eigenvalue weighted by Gasteiger charge is -2.46. The van der Waals surface area contributed by atoms with Crippen molar-refractivity contribution in [2.75, 3.05) is 13.2 Å². The van der Waals surface area contributed by atoms with Crippen LogP contribution in [0.4, 0.5) is 0 Å². The van der Waals surface area contributed by atoms with E-state index in [0.29, 0.717) is 11.4 Å². The number of rotatable bonds is 7. The van der Waals surface area contributed by atoms with Gasteiger partial charge < -0.3 is 39.0 Å². The normalized spacial score (nSPS) is 32.5. The molecule has 3 aliphatic rings. The van der Waals surface area contributed by atoms with Crippen LogP contribution in [0.15, 0.2) is 72.8 Å². The van der Waals surface area contributed by atoms with Gasteiger partial charge in [-0.3, -0.25) is 9.36 Å². The van der Waals surface area contributed by atoms with Gasteiger partial charge in [-0.05, 0) is 26.0 Å². The van der Waals surface area contributed by atoms with E-state index in [4.69, 9.17) is 23.7 Å². The number of nitrogens with zero attached hydrogens (tertiary/aromatic N) is 1. The smallest absolute Gasteiger partial charge is 0.239 e. The summed E-state index contributed by atoms with van der Waals surface area (Å²) in [6, 6.07) is 22.5. The fourth-order valence-corrected chi connectivity index (χ4v) is 6.34. The summed E-state index contributed by atoms with van der Waals surface area (Å²) in [6.07, 6.45) is -7.50. The number of benzene rings is 2. The first-order valence-corrected chi connectivity index (χ1v) is 14.8. The third kappa shape index (κ3) is 6.33. The first-order chi connectivity index (χ1) is 20.8. The highest BCUT2D eigenvalue weighted by atomic mass is 16.7. The third-order valence-corrected chi connectivity index (χ3v) is 8.62. The van der Waals surface area contributed by atoms with E-state index in [1.807, 2.05) is 86.6 Å². The van der Waals surface area contributed by atoms with Gasteiger partial charge in [0.25, 0.3) is 0 Å². The maximum absolute atomic E-state index is 14.2. The van der Waals surface area contributed by atoms with Gasteiger partial charge in [0.15, 0.2) is 12.6 Å². The molecule has 0 radical (unpaired) electrons. The average molecular weight is 594 g/mol. The Morgan fingerprint density at radius 1 is 0.791 bits per heavy atom. The van der Waals surface area contributed by atoms with Gasteiger partial charge in [0, 0.05) is 35.4 Å². The van der Waals surface area contributed by atoms with E-state index in [2.05, 4.69) is 0 Å². The number of carbonyl (C=O) groups is 1. The first kappa shape index (κ1) is 30.1. The van der Waals surface area contributed by atoms with E-state index in [1.54, 1.807) is 0 Å². The Hall–Kier alpha value is -2.93. The molecule has 3 fully saturated rings. The van der Waals surface area contributed by atoms with Crippen LogP contribution >= 0.6 is 0 Å². The van der Waals surface area contributed by atoms with Gasteiger partial charge in [-0.1, -0.05) is 60.7 Å². The molecular formula is C33H39NO9. The standard InChI is InChI=1S/C33H39NO9/c1-19-13-14-20(2)34(19)31(38)29(23(35)15-26-25(37)17-39-32(42-26)21-9-5-3-6-10-21)30-24(36)16-27-28(41-30)18-40-33(43-27)22-11-7-4-8-12-22/h3-14,23-30,32-33,35-37H,15-18H2,1-2H3/t23?,24-,25-,26+,27+,28-,29?,30-,32-,33-/m1/s1. The molecular weight excluding hydrogens is 554 g/mol. The van der Waals surface area contributed by atoms with Crippen LogP contribution in [0, 0.1) is 19.8 Å². The maximum Gasteiger partial charge on any atom is 0.239 e. The molecule has 1 aromatic heterocycles. The summed E-state index contributed by atoms with van der Waals surface area (Å²) in [4.78, 5) is 14.2. The summed E-state index contributed by atoms with van der Waals surface area (Å²) in [5.41, 5.74) is 3.04. The van der Waals surface area contributed by atoms with Crippen molar-refractivity contribution >= 4 is 5.91 Å². The molecule has 0 aliphatic carbocycles. The molecule has 0 saturated carbocycles. The Balaban J connectivity index is 1.23. The van der Waals surface area contributed by atoms with E-state index < -0.39 is 67.1 Å². The van der Waals surface area contributed by atoms with Crippen molar-refractivity contribution < 1.29 is 43.8 Å². The molecule has 10 heteroatoms. The van der Waals surface area contributed by atoms with Crippen LogP contribution in [-0.4, -0.2) is 81.7 Å². The van der Waals surface area contributed by atoms with Crippen LogP contribution < -0.4 is 0 Å². The third-order valence-electron chi connectivity index (χ3n) is 8.62. The summed E-state index contributed by atoms with van der Waals surface area (Å²) in [5.74, 6) is -1.57. The van der Waals surface area contributed by atoms with E-state index in [1.165, 1.54) is 4.57 Å². The molecule has 0 amide bonds. The van der Waals surface area contributed by atoms with Crippen molar-refractivity contribution in [2.24, 2.45) is 5.92 Å². The van der Waals surface area contributed by atoms with Crippen LogP contribution in [0.25, 0.3) is 0 Å². The fourth-order valence-electron chi connectivity index (χ4n) is 6.34. The maximum atomic E-state index is 14.2. The topological polar surface area (TPSA) is 129 Å². The van der Waals surface area contributed by atoms with E-state index >= 15 is 0 Å². The lowest BCUT2D eigenvalue weighted by molar-refractivity contribution is -0.308. The molecule has 3 aromatic rings. The summed E-state index contributed by atoms with van der Waals surface area (Å²) in [5, 5.41) is 33.9. The highest BCUT2D eigenvalue weighted by molar-refractivity contribution is 5.84. The molecule has 2 unspecified atom stereocenters. The number of carbonyl (C=O) groups excluding carboxylic acids is 1. The van der Waals surface area contributed by atoms with Gasteiger partial charge in [-0.15, -0.1) is 0 Å². The van der Waals surface area contributed by atoms with Gasteiger partial charge in [0.05, 0.1) is 49.7 Å². The Morgan fingerprint density at radius 3 is 2.00 bits per heavy atom. The zero-order valence-electron chi connectivity index (χ0n) is 24.3. The minimum atomic E-state index is -1.32. The molecule has 0 spiro atoms. The molecule has 0 bridgehead atoms. The number of aryl methyl sites for hydroxylation is 2. The molecule has 230 valence electrons. The Kier molecular flexibility index (Phi) is 9.08. The zero-order valence-corrected chi connectivity index (χ0v) is 24.3. The minimum absolute atomic E-state index is 0.00887. The van der Waals surface area contributed by atoms with Crippen LogP contribution in [0.1, 0.15) is 52.7 Å². The first-order valence-electron chi connectivity index (χ1n) is 14.8. The number of aromatic nitrogens is 1. The molecule has 10 atom stereocenters. The van der Waals surface area contributed by atoms with Crippen molar-refractivity contribution in [3.63, 3.8) is 0 Å². The van der Waals surface area contributed by atoms with Crippen LogP contribution in [0.5, 0.6) is 0 Å². The van der Waals surface area contributed by atoms with Gasteiger partial charge in [0.1, 0.15) is 12.2 Å². The number of ether oxygens (including phenoxy) is 5. The second kappa shape index (κ2) is 13.0. The SMILES string of the molecule is Cc1ccc(C)n1C(=O)C(C(O)C[C@@H]1O[C@H](c2ccccc2)OC[C@H]1O)[C@@H]1O[C@@H]2CO[C@@H](c3ccccc3)O[C@H]2C[C@H]1O. The Labute approximate surface area is 250 Å². The number of aliphatic hydroxyl groups is 3. The van der Waals surface area contributed by atoms with Crippen molar-refractivity contribution in [1.29, 1.82) is 0 Å². The molecule has 2 aromatic carbocycles. The number of fused-ring (bicyclic) bond motifs is 1. The van der Waals surface area contributed by atoms with E-state index in [9.17, 15) is 20.1 Å². The molecule has 4 heterocycles. The second-order valence-electron chi connectivity index (χ2n) is 11.6. The summed E-state index contributed by atoms with van der Waals surface area (Å²) < 4.78 is 31.8. The monoisotopic (exact) mass is 593 g/mol. The van der Waals surface area contributed by atoms with Crippen LogP contribution in [-0.2, 0) is 23.7 Å². The van der Waals surface area contributed by atoms with Gasteiger partial charge >= 0.3 is 0 Å². The van der Waals surface area contributed by atoms with E-state index in [0.717, 1.165) is 11.1 Å². The largest absolute Gasteiger partial charge is 0.392 e. The fraction of sp³-hybridized carbons (Fsp3) is 0.485. The van der Waals surface area contributed by atoms with E-state index in [-0.39, 0.29) is 26.1 Å². The zero-order chi connectivity index (χ0) is 30.1. The predicted molar refractivity (Wildman–Crippen MR) is 154 cm³/mol. The van der Waals surface area contributed by atoms with Crippen LogP contribution in [0.2, 0.25) is 0 Å². The molecule has 3 saturated heterocycles. The van der Waals surface area contributed by atoms with Gasteiger partial charge in [-0.25, -0.2) is 0 Å². The summed E-state index contributed by atoms with van der Waals surface area (Å²) in [6.45, 7) is 3.83. The van der Waals surface area contributed by atoms with Crippen molar-refractivity contribution in [3.8, 4) is 0 Å². The predicted octanol–water partition coefficient (Wildman–Crippen LogP) is 3.22. The molecule has 43 heavy (non-hydrogen) atoms. The van der Waals surface area contributed by atoms with Crippen molar-refractivity contribution in [3.05, 3.63) is 95.3 Å². The van der Waals surface area contributed by atoms with Gasteiger partial charge in [0.2, 0.25) is 5.91 Å². The lowest BCUT2D eigenvalue weighted by Crippen LogP contribution is -2.59. The Morgan fingerprint density at radius 2 is 1.37 bits per heavy atom. The molecule has 3 N–H and O–H groups in total. The quantitative estimate of drug-likeness (QED) is 0.378. The second-order valence-corrected chi connectivity index (χ2v) is 11.6. The van der Waals surface area contributed by atoms with Crippen LogP contribution in [0.3, 0.4) is 0 Å². The summed E-state index contributed by atoms with van der Waals surface area (Å²) >= 11 is 0. The molecule has 6 rings (SSSR count). The average Bonchev–Trinajstić information content (AvgIpc) is 3.36.